The van der Waals surface area contributed by atoms with Crippen LogP contribution in [0.4, 0.5) is 4.79 Å². The van der Waals surface area contributed by atoms with E-state index in [9.17, 15) is 4.79 Å². The Morgan fingerprint density at radius 3 is 2.68 bits per heavy atom. The fraction of sp³-hybridized carbons (Fsp3) is 0.526. The molecule has 1 fully saturated rings. The van der Waals surface area contributed by atoms with E-state index in [0.29, 0.717) is 18.3 Å². The largest absolute Gasteiger partial charge is 0.331 e. The van der Waals surface area contributed by atoms with E-state index in [2.05, 4.69) is 32.8 Å². The summed E-state index contributed by atoms with van der Waals surface area (Å²) in [5, 5.41) is 10.2. The number of benzene rings is 1. The van der Waals surface area contributed by atoms with Gasteiger partial charge in [0.15, 0.2) is 5.82 Å². The van der Waals surface area contributed by atoms with Crippen LogP contribution in [-0.2, 0) is 13.6 Å². The van der Waals surface area contributed by atoms with Crippen molar-refractivity contribution in [2.45, 2.75) is 51.1 Å². The normalized spacial score (nSPS) is 16.4. The second-order valence-corrected chi connectivity index (χ2v) is 6.86. The van der Waals surface area contributed by atoms with Gasteiger partial charge < -0.3 is 10.6 Å². The zero-order valence-corrected chi connectivity index (χ0v) is 14.8. The first-order valence-electron chi connectivity index (χ1n) is 9.14. The average Bonchev–Trinajstić information content (AvgIpc) is 3.06. The van der Waals surface area contributed by atoms with E-state index < -0.39 is 0 Å². The number of nitrogens with one attached hydrogen (secondary N) is 2. The minimum atomic E-state index is -0.169. The zero-order chi connectivity index (χ0) is 17.5. The fourth-order valence-electron chi connectivity index (χ4n) is 3.55. The van der Waals surface area contributed by atoms with Crippen LogP contribution in [-0.4, -0.2) is 20.8 Å². The first-order valence-corrected chi connectivity index (χ1v) is 9.14. The van der Waals surface area contributed by atoms with Gasteiger partial charge in [-0.25, -0.2) is 9.78 Å². The monoisotopic (exact) mass is 341 g/mol. The first-order chi connectivity index (χ1) is 12.2. The van der Waals surface area contributed by atoms with Crippen molar-refractivity contribution in [2.24, 2.45) is 13.0 Å². The number of aryl methyl sites for hydroxylation is 1. The van der Waals surface area contributed by atoms with Crippen LogP contribution in [0, 0.1) is 5.92 Å². The Hall–Kier alpha value is -2.37. The maximum Gasteiger partial charge on any atom is 0.315 e. The van der Waals surface area contributed by atoms with Crippen LogP contribution < -0.4 is 10.6 Å². The summed E-state index contributed by atoms with van der Waals surface area (Å²) in [5.74, 6) is 1.30. The lowest BCUT2D eigenvalue weighted by Crippen LogP contribution is -2.38. The maximum atomic E-state index is 12.4. The number of carbonyl (C=O) groups excluding carboxylic acids is 1. The van der Waals surface area contributed by atoms with Gasteiger partial charge in [-0.3, -0.25) is 4.68 Å². The number of nitrogens with zero attached hydrogens (tertiary/aromatic N) is 3. The maximum absolute atomic E-state index is 12.4. The molecule has 1 saturated carbocycles. The van der Waals surface area contributed by atoms with Gasteiger partial charge in [-0.15, -0.1) is 0 Å². The van der Waals surface area contributed by atoms with Gasteiger partial charge in [0.1, 0.15) is 6.33 Å². The second-order valence-electron chi connectivity index (χ2n) is 6.86. The molecule has 0 radical (unpaired) electrons. The Bertz CT molecular complexity index is 663. The van der Waals surface area contributed by atoms with Crippen molar-refractivity contribution in [3.05, 3.63) is 48.0 Å². The second kappa shape index (κ2) is 8.65. The number of hydrogen-bond donors (Lipinski definition) is 2. The highest BCUT2D eigenvalue weighted by atomic mass is 16.2. The van der Waals surface area contributed by atoms with Crippen molar-refractivity contribution in [3.63, 3.8) is 0 Å². The van der Waals surface area contributed by atoms with Crippen molar-refractivity contribution in [3.8, 4) is 0 Å². The molecule has 0 aliphatic heterocycles. The molecule has 0 saturated heterocycles. The van der Waals surface area contributed by atoms with Gasteiger partial charge in [0, 0.05) is 7.05 Å². The standard InChI is InChI=1S/C19H27N5O/c1-24-14-21-18(23-24)13-20-19(25)22-17(16-10-6-3-7-11-16)12-15-8-4-2-5-9-15/h3,6-7,10-11,14-15,17H,2,4-5,8-9,12-13H2,1H3,(H2,20,22,25)/t17-/m0/s1. The molecule has 1 aliphatic carbocycles. The van der Waals surface area contributed by atoms with Crippen molar-refractivity contribution >= 4 is 6.03 Å². The lowest BCUT2D eigenvalue weighted by atomic mass is 9.83. The van der Waals surface area contributed by atoms with Crippen LogP contribution in [0.15, 0.2) is 36.7 Å². The molecule has 134 valence electrons. The zero-order valence-electron chi connectivity index (χ0n) is 14.8. The van der Waals surface area contributed by atoms with Gasteiger partial charge >= 0.3 is 6.03 Å². The molecule has 1 aromatic carbocycles. The molecular formula is C19H27N5O. The van der Waals surface area contributed by atoms with Crippen LogP contribution in [0.2, 0.25) is 0 Å². The summed E-state index contributed by atoms with van der Waals surface area (Å²) < 4.78 is 1.63. The number of rotatable bonds is 6. The molecule has 6 heteroatoms. The Morgan fingerprint density at radius 2 is 2.00 bits per heavy atom. The Morgan fingerprint density at radius 1 is 1.24 bits per heavy atom. The molecule has 2 aromatic rings. The van der Waals surface area contributed by atoms with Crippen LogP contribution >= 0.6 is 0 Å². The molecule has 1 atom stereocenters. The molecule has 1 heterocycles. The topological polar surface area (TPSA) is 71.8 Å². The SMILES string of the molecule is Cn1cnc(CNC(=O)N[C@@H](CC2CCCCC2)c2ccccc2)n1. The third kappa shape index (κ3) is 5.31. The Balaban J connectivity index is 1.59. The van der Waals surface area contributed by atoms with Crippen molar-refractivity contribution in [1.82, 2.24) is 25.4 Å². The number of aromatic nitrogens is 3. The molecule has 0 unspecified atom stereocenters. The molecule has 6 nitrogen and oxygen atoms in total. The summed E-state index contributed by atoms with van der Waals surface area (Å²) in [6.07, 6.45) is 9.13. The van der Waals surface area contributed by atoms with E-state index in [1.165, 1.54) is 37.7 Å². The Kier molecular flexibility index (Phi) is 6.04. The summed E-state index contributed by atoms with van der Waals surface area (Å²) >= 11 is 0. The minimum absolute atomic E-state index is 0.0426. The molecule has 0 bridgehead atoms. The van der Waals surface area contributed by atoms with Crippen LogP contribution in [0.5, 0.6) is 0 Å². The smallest absolute Gasteiger partial charge is 0.315 e. The first kappa shape index (κ1) is 17.5. The van der Waals surface area contributed by atoms with E-state index in [0.717, 1.165) is 6.42 Å². The summed E-state index contributed by atoms with van der Waals surface area (Å²) in [6.45, 7) is 0.331. The highest BCUT2D eigenvalue weighted by Gasteiger charge is 2.21. The van der Waals surface area contributed by atoms with Gasteiger partial charge in [0.05, 0.1) is 12.6 Å². The molecule has 3 rings (SSSR count). The average molecular weight is 341 g/mol. The molecule has 25 heavy (non-hydrogen) atoms. The summed E-state index contributed by atoms with van der Waals surface area (Å²) in [7, 11) is 1.81. The predicted octanol–water partition coefficient (Wildman–Crippen LogP) is 3.33. The highest BCUT2D eigenvalue weighted by Crippen LogP contribution is 2.31. The summed E-state index contributed by atoms with van der Waals surface area (Å²) in [4.78, 5) is 16.5. The molecule has 1 aliphatic rings. The number of hydrogen-bond acceptors (Lipinski definition) is 3. The number of amides is 2. The summed E-state index contributed by atoms with van der Waals surface area (Å²) in [6, 6.07) is 10.1. The van der Waals surface area contributed by atoms with Crippen molar-refractivity contribution in [1.29, 1.82) is 0 Å². The minimum Gasteiger partial charge on any atom is -0.331 e. The van der Waals surface area contributed by atoms with Gasteiger partial charge in [0.2, 0.25) is 0 Å². The van der Waals surface area contributed by atoms with E-state index >= 15 is 0 Å². The third-order valence-corrected chi connectivity index (χ3v) is 4.86. The molecule has 0 spiro atoms. The van der Waals surface area contributed by atoms with E-state index in [1.54, 1.807) is 11.0 Å². The number of carbonyl (C=O) groups is 1. The van der Waals surface area contributed by atoms with E-state index in [4.69, 9.17) is 0 Å². The van der Waals surface area contributed by atoms with Crippen molar-refractivity contribution < 1.29 is 4.79 Å². The van der Waals surface area contributed by atoms with Crippen LogP contribution in [0.1, 0.15) is 56.0 Å². The lowest BCUT2D eigenvalue weighted by Gasteiger charge is -2.27. The number of urea groups is 1. The Labute approximate surface area is 149 Å². The third-order valence-electron chi connectivity index (χ3n) is 4.86. The molecule has 2 N–H and O–H groups in total. The highest BCUT2D eigenvalue weighted by molar-refractivity contribution is 5.74. The van der Waals surface area contributed by atoms with Gasteiger partial charge in [-0.05, 0) is 17.9 Å². The lowest BCUT2D eigenvalue weighted by molar-refractivity contribution is 0.230. The van der Waals surface area contributed by atoms with Crippen LogP contribution in [0.3, 0.4) is 0 Å². The van der Waals surface area contributed by atoms with E-state index in [1.807, 2.05) is 25.2 Å². The van der Waals surface area contributed by atoms with Gasteiger partial charge in [0.25, 0.3) is 0 Å². The quantitative estimate of drug-likeness (QED) is 0.846. The van der Waals surface area contributed by atoms with Gasteiger partial charge in [-0.2, -0.15) is 5.10 Å². The predicted molar refractivity (Wildman–Crippen MR) is 96.7 cm³/mol. The van der Waals surface area contributed by atoms with E-state index in [-0.39, 0.29) is 12.1 Å². The fourth-order valence-corrected chi connectivity index (χ4v) is 3.55. The van der Waals surface area contributed by atoms with Crippen LogP contribution in [0.25, 0.3) is 0 Å². The molecule has 2 amide bonds. The molecule has 1 aromatic heterocycles. The van der Waals surface area contributed by atoms with Gasteiger partial charge in [-0.1, -0.05) is 62.4 Å². The summed E-state index contributed by atoms with van der Waals surface area (Å²) in [5.41, 5.74) is 1.17. The van der Waals surface area contributed by atoms with Crippen molar-refractivity contribution in [2.75, 3.05) is 0 Å². The molecular weight excluding hydrogens is 314 g/mol.